The number of nitrogens with one attached hydrogen (secondary N) is 1. The fraction of sp³-hybridized carbons (Fsp3) is 0.240. The average Bonchev–Trinajstić information content (AvgIpc) is 3.50. The van der Waals surface area contributed by atoms with Crippen LogP contribution in [0.2, 0.25) is 0 Å². The number of imidazole rings is 1. The van der Waals surface area contributed by atoms with E-state index in [1.807, 2.05) is 6.92 Å². The Balaban J connectivity index is 1.53. The predicted octanol–water partition coefficient (Wildman–Crippen LogP) is 3.36. The van der Waals surface area contributed by atoms with Crippen molar-refractivity contribution in [1.29, 1.82) is 5.26 Å². The van der Waals surface area contributed by atoms with E-state index in [4.69, 9.17) is 4.74 Å². The van der Waals surface area contributed by atoms with Gasteiger partial charge in [0.1, 0.15) is 23.3 Å². The van der Waals surface area contributed by atoms with Crippen LogP contribution in [0.1, 0.15) is 32.9 Å². The lowest BCUT2D eigenvalue weighted by Gasteiger charge is -2.14. The number of rotatable bonds is 5. The van der Waals surface area contributed by atoms with Gasteiger partial charge >= 0.3 is 0 Å². The smallest absolute Gasteiger partial charge is 0.271 e. The average molecular weight is 471 g/mol. The predicted molar refractivity (Wildman–Crippen MR) is 127 cm³/mol. The molecule has 10 heteroatoms. The fourth-order valence-electron chi connectivity index (χ4n) is 4.21. The van der Waals surface area contributed by atoms with Crippen molar-refractivity contribution in [2.24, 2.45) is 0 Å². The van der Waals surface area contributed by atoms with E-state index in [-0.39, 0.29) is 24.0 Å². The van der Waals surface area contributed by atoms with Crippen LogP contribution in [0.25, 0.3) is 16.8 Å². The molecule has 4 aromatic rings. The van der Waals surface area contributed by atoms with Crippen molar-refractivity contribution >= 4 is 17.5 Å². The number of halogens is 1. The van der Waals surface area contributed by atoms with Crippen LogP contribution in [0.15, 0.2) is 36.8 Å². The number of fused-ring (bicyclic) bond motifs is 2. The number of pyridine rings is 1. The Morgan fingerprint density at radius 3 is 2.83 bits per heavy atom. The molecule has 0 radical (unpaired) electrons. The van der Waals surface area contributed by atoms with Gasteiger partial charge in [-0.05, 0) is 30.7 Å². The molecular weight excluding hydrogens is 449 g/mol. The Morgan fingerprint density at radius 2 is 2.09 bits per heavy atom. The van der Waals surface area contributed by atoms with Crippen molar-refractivity contribution in [3.8, 4) is 22.9 Å². The van der Waals surface area contributed by atoms with Crippen LogP contribution in [0.4, 0.5) is 10.3 Å². The summed E-state index contributed by atoms with van der Waals surface area (Å²) < 4.78 is 21.8. The number of nitriles is 1. The minimum Gasteiger partial charge on any atom is -0.493 e. The van der Waals surface area contributed by atoms with Crippen LogP contribution in [0.3, 0.4) is 0 Å². The van der Waals surface area contributed by atoms with E-state index in [1.54, 1.807) is 49.2 Å². The lowest BCUT2D eigenvalue weighted by molar-refractivity contribution is 0.0822. The maximum Gasteiger partial charge on any atom is 0.271 e. The van der Waals surface area contributed by atoms with Gasteiger partial charge in [-0.2, -0.15) is 5.26 Å². The molecule has 0 saturated heterocycles. The van der Waals surface area contributed by atoms with E-state index in [0.717, 1.165) is 16.7 Å². The number of amides is 1. The fourth-order valence-corrected chi connectivity index (χ4v) is 4.21. The Labute approximate surface area is 200 Å². The van der Waals surface area contributed by atoms with Crippen LogP contribution in [0, 0.1) is 24.1 Å². The quantitative estimate of drug-likeness (QED) is 0.475. The summed E-state index contributed by atoms with van der Waals surface area (Å²) in [7, 11) is 3.34. The van der Waals surface area contributed by atoms with Gasteiger partial charge in [0.05, 0.1) is 12.8 Å². The highest BCUT2D eigenvalue weighted by atomic mass is 19.1. The summed E-state index contributed by atoms with van der Waals surface area (Å²) in [6.45, 7) is 2.60. The molecule has 0 bridgehead atoms. The van der Waals surface area contributed by atoms with Gasteiger partial charge in [-0.15, -0.1) is 0 Å². The van der Waals surface area contributed by atoms with Crippen molar-refractivity contribution in [2.45, 2.75) is 19.9 Å². The second-order valence-electron chi connectivity index (χ2n) is 8.47. The number of nitrogens with zero attached hydrogens (tertiary/aromatic N) is 6. The monoisotopic (exact) mass is 471 g/mol. The van der Waals surface area contributed by atoms with Crippen LogP contribution < -0.4 is 10.1 Å². The molecule has 176 valence electrons. The van der Waals surface area contributed by atoms with E-state index in [9.17, 15) is 14.4 Å². The molecule has 0 unspecified atom stereocenters. The first kappa shape index (κ1) is 22.3. The molecule has 1 aliphatic heterocycles. The number of ether oxygens (including phenoxy) is 1. The number of carbonyl (C=O) groups is 1. The highest BCUT2D eigenvalue weighted by molar-refractivity contribution is 5.93. The summed E-state index contributed by atoms with van der Waals surface area (Å²) in [5.41, 5.74) is 4.64. The van der Waals surface area contributed by atoms with Crippen molar-refractivity contribution in [2.75, 3.05) is 26.0 Å². The van der Waals surface area contributed by atoms with E-state index < -0.39 is 0 Å². The third-order valence-electron chi connectivity index (χ3n) is 6.00. The van der Waals surface area contributed by atoms with E-state index in [2.05, 4.69) is 26.3 Å². The molecule has 35 heavy (non-hydrogen) atoms. The summed E-state index contributed by atoms with van der Waals surface area (Å²) in [4.78, 5) is 27.1. The molecule has 4 heterocycles. The Hall–Kier alpha value is -4.52. The molecule has 3 aromatic heterocycles. The number of benzene rings is 1. The Kier molecular flexibility index (Phi) is 5.53. The van der Waals surface area contributed by atoms with Gasteiger partial charge in [-0.1, -0.05) is 0 Å². The van der Waals surface area contributed by atoms with Gasteiger partial charge in [0, 0.05) is 61.7 Å². The number of carbonyl (C=O) groups excluding carboxylic acids is 1. The van der Waals surface area contributed by atoms with Crippen molar-refractivity contribution in [3.05, 3.63) is 70.7 Å². The number of aryl methyl sites for hydroxylation is 1. The zero-order valence-electron chi connectivity index (χ0n) is 19.5. The minimum absolute atomic E-state index is 0.194. The number of aromatic nitrogens is 4. The highest BCUT2D eigenvalue weighted by Crippen LogP contribution is 2.32. The molecular formula is C25H22FN7O2. The number of hydrogen-bond acceptors (Lipinski definition) is 7. The van der Waals surface area contributed by atoms with Crippen LogP contribution >= 0.6 is 0 Å². The second-order valence-corrected chi connectivity index (χ2v) is 8.47. The largest absolute Gasteiger partial charge is 0.493 e. The van der Waals surface area contributed by atoms with E-state index in [0.29, 0.717) is 47.2 Å². The van der Waals surface area contributed by atoms with Gasteiger partial charge in [-0.25, -0.2) is 14.4 Å². The first-order chi connectivity index (χ1) is 16.9. The second kappa shape index (κ2) is 8.68. The standard InChI is InChI=1S/C25H22FN7O2/c1-14-8-21(24(34)32(2)3)28-10-17(14)19-12-30-25(33-13-15(9-27)31-23(19)33)29-11-18-16-6-7-35-22(16)5-4-20(18)26/h4-5,8,10,12-13H,6-7,11H2,1-3H3,(H,29,30). The zero-order chi connectivity index (χ0) is 24.7. The minimum atomic E-state index is -0.313. The third kappa shape index (κ3) is 3.91. The van der Waals surface area contributed by atoms with Crippen LogP contribution in [-0.2, 0) is 13.0 Å². The normalized spacial score (nSPS) is 12.2. The molecule has 1 aromatic carbocycles. The molecule has 1 amide bonds. The Morgan fingerprint density at radius 1 is 1.29 bits per heavy atom. The summed E-state index contributed by atoms with van der Waals surface area (Å²) in [5.74, 6) is 0.607. The number of anilines is 1. The van der Waals surface area contributed by atoms with Gasteiger partial charge in [0.25, 0.3) is 5.91 Å². The summed E-state index contributed by atoms with van der Waals surface area (Å²) in [5, 5.41) is 12.6. The third-order valence-corrected chi connectivity index (χ3v) is 6.00. The van der Waals surface area contributed by atoms with Crippen LogP contribution in [0.5, 0.6) is 5.75 Å². The SMILES string of the molecule is Cc1cc(C(=O)N(C)C)ncc1-c1cnc(NCc2c(F)ccc3c2CCO3)n2cc(C#N)nc12. The number of hydrogen-bond donors (Lipinski definition) is 1. The first-order valence-corrected chi connectivity index (χ1v) is 11.0. The molecule has 0 atom stereocenters. The lowest BCUT2D eigenvalue weighted by Crippen LogP contribution is -2.22. The molecule has 0 fully saturated rings. The molecule has 1 N–H and O–H groups in total. The molecule has 1 aliphatic rings. The molecule has 0 aliphatic carbocycles. The van der Waals surface area contributed by atoms with E-state index in [1.165, 1.54) is 11.0 Å². The molecule has 0 spiro atoms. The molecule has 5 rings (SSSR count). The summed E-state index contributed by atoms with van der Waals surface area (Å²) in [6, 6.07) is 6.83. The van der Waals surface area contributed by atoms with E-state index >= 15 is 0 Å². The first-order valence-electron chi connectivity index (χ1n) is 11.0. The highest BCUT2D eigenvalue weighted by Gasteiger charge is 2.21. The maximum atomic E-state index is 14.6. The topological polar surface area (TPSA) is 108 Å². The van der Waals surface area contributed by atoms with Crippen molar-refractivity contribution < 1.29 is 13.9 Å². The Bertz CT molecular complexity index is 1520. The zero-order valence-corrected chi connectivity index (χ0v) is 19.5. The van der Waals surface area contributed by atoms with Gasteiger partial charge < -0.3 is 15.0 Å². The van der Waals surface area contributed by atoms with Gasteiger partial charge in [-0.3, -0.25) is 14.2 Å². The summed E-state index contributed by atoms with van der Waals surface area (Å²) >= 11 is 0. The van der Waals surface area contributed by atoms with Gasteiger partial charge in [0.2, 0.25) is 5.95 Å². The summed E-state index contributed by atoms with van der Waals surface area (Å²) in [6.07, 6.45) is 5.47. The van der Waals surface area contributed by atoms with Crippen molar-refractivity contribution in [3.63, 3.8) is 0 Å². The van der Waals surface area contributed by atoms with Crippen molar-refractivity contribution in [1.82, 2.24) is 24.3 Å². The molecule has 0 saturated carbocycles. The van der Waals surface area contributed by atoms with Crippen LogP contribution in [-0.4, -0.2) is 50.9 Å². The van der Waals surface area contributed by atoms with Gasteiger partial charge in [0.15, 0.2) is 11.3 Å². The maximum absolute atomic E-state index is 14.6. The molecule has 9 nitrogen and oxygen atoms in total. The lowest BCUT2D eigenvalue weighted by atomic mass is 10.0.